The monoisotopic (exact) mass is 526 g/mol. The van der Waals surface area contributed by atoms with Crippen LogP contribution in [0.25, 0.3) is 17.5 Å². The number of hydrogen-bond donors (Lipinski definition) is 1. The Hall–Kier alpha value is -3.58. The van der Waals surface area contributed by atoms with E-state index in [0.29, 0.717) is 17.3 Å². The number of carbonyl (C=O) groups is 2. The minimum absolute atomic E-state index is 0.0258. The van der Waals surface area contributed by atoms with E-state index < -0.39 is 0 Å². The normalized spacial score (nSPS) is 19.9. The van der Waals surface area contributed by atoms with Crippen molar-refractivity contribution in [1.29, 1.82) is 0 Å². The number of Topliss-reactive ketones (excluding diaryl/α,β-unsaturated/α-hetero) is 1. The van der Waals surface area contributed by atoms with Crippen LogP contribution in [0.2, 0.25) is 0 Å². The first-order chi connectivity index (χ1) is 18.9. The van der Waals surface area contributed by atoms with Gasteiger partial charge >= 0.3 is 0 Å². The van der Waals surface area contributed by atoms with E-state index >= 15 is 0 Å². The molecular formula is C32H38N4O3. The molecule has 1 fully saturated rings. The smallest absolute Gasteiger partial charge is 0.257 e. The maximum Gasteiger partial charge on any atom is 0.257 e. The number of benzene rings is 2. The molecule has 3 aromatic rings. The topological polar surface area (TPSA) is 88.3 Å². The molecule has 1 amide bonds. The van der Waals surface area contributed by atoms with Gasteiger partial charge in [-0.3, -0.25) is 9.59 Å². The van der Waals surface area contributed by atoms with Crippen LogP contribution in [0.1, 0.15) is 71.9 Å². The van der Waals surface area contributed by atoms with Crippen molar-refractivity contribution in [1.82, 2.24) is 20.4 Å². The Morgan fingerprint density at radius 3 is 2.59 bits per heavy atom. The fraction of sp³-hybridized carbons (Fsp3) is 0.438. The lowest BCUT2D eigenvalue weighted by Gasteiger charge is -2.30. The fourth-order valence-corrected chi connectivity index (χ4v) is 5.79. The molecule has 2 aliphatic rings. The molecule has 5 rings (SSSR count). The van der Waals surface area contributed by atoms with Gasteiger partial charge in [-0.1, -0.05) is 29.4 Å². The van der Waals surface area contributed by atoms with Crippen LogP contribution in [0.15, 0.2) is 53.1 Å². The second-order valence-electron chi connectivity index (χ2n) is 11.0. The average molecular weight is 527 g/mol. The number of ketones is 1. The molecule has 0 atom stereocenters. The number of carbonyl (C=O) groups excluding carboxylic acids is 2. The second kappa shape index (κ2) is 12.5. The van der Waals surface area contributed by atoms with Crippen LogP contribution in [0, 0.1) is 12.8 Å². The standard InChI is InChI=1S/C32H38N4O3/c1-22(37)27-5-3-4-25(20-27)8-13-31(38)34-30-11-6-24(7-12-30)14-17-36-18-15-26-9-10-29(21-28(26)16-19-36)32-33-23(2)35-39-32/h3-5,8-10,13,20-21,24,30H,6-7,11-12,14-19H2,1-2H3,(H,34,38)/b13-8+. The molecule has 1 saturated carbocycles. The summed E-state index contributed by atoms with van der Waals surface area (Å²) in [5.41, 5.74) is 5.34. The molecule has 1 aliphatic heterocycles. The van der Waals surface area contributed by atoms with Crippen molar-refractivity contribution < 1.29 is 14.1 Å². The van der Waals surface area contributed by atoms with Gasteiger partial charge in [0.05, 0.1) is 0 Å². The third-order valence-electron chi connectivity index (χ3n) is 8.14. The molecule has 0 bridgehead atoms. The average Bonchev–Trinajstić information content (AvgIpc) is 3.28. The van der Waals surface area contributed by atoms with Crippen molar-refractivity contribution in [2.24, 2.45) is 5.92 Å². The number of aryl methyl sites for hydroxylation is 1. The molecule has 2 aromatic carbocycles. The van der Waals surface area contributed by atoms with Crippen molar-refractivity contribution in [2.45, 2.75) is 64.8 Å². The van der Waals surface area contributed by atoms with E-state index in [1.165, 1.54) is 17.5 Å². The fourth-order valence-electron chi connectivity index (χ4n) is 5.79. The summed E-state index contributed by atoms with van der Waals surface area (Å²) in [5, 5.41) is 7.09. The molecule has 0 unspecified atom stereocenters. The van der Waals surface area contributed by atoms with E-state index in [2.05, 4.69) is 38.6 Å². The van der Waals surface area contributed by atoms with Crippen LogP contribution in [0.4, 0.5) is 0 Å². The van der Waals surface area contributed by atoms with Crippen molar-refractivity contribution in [3.05, 3.63) is 76.6 Å². The van der Waals surface area contributed by atoms with Crippen LogP contribution >= 0.6 is 0 Å². The lowest BCUT2D eigenvalue weighted by Crippen LogP contribution is -2.37. The first-order valence-electron chi connectivity index (χ1n) is 14.2. The van der Waals surface area contributed by atoms with Crippen molar-refractivity contribution >= 4 is 17.8 Å². The van der Waals surface area contributed by atoms with E-state index in [1.54, 1.807) is 25.1 Å². The molecule has 39 heavy (non-hydrogen) atoms. The summed E-state index contributed by atoms with van der Waals surface area (Å²) < 4.78 is 5.36. The van der Waals surface area contributed by atoms with Gasteiger partial charge in [-0.25, -0.2) is 0 Å². The summed E-state index contributed by atoms with van der Waals surface area (Å²) in [6.45, 7) is 6.70. The zero-order valence-electron chi connectivity index (χ0n) is 23.0. The lowest BCUT2D eigenvalue weighted by atomic mass is 9.84. The second-order valence-corrected chi connectivity index (χ2v) is 11.0. The number of fused-ring (bicyclic) bond motifs is 1. The van der Waals surface area contributed by atoms with Gasteiger partial charge in [0, 0.05) is 36.3 Å². The van der Waals surface area contributed by atoms with Crippen LogP contribution in [-0.2, 0) is 17.6 Å². The highest BCUT2D eigenvalue weighted by atomic mass is 16.5. The number of nitrogens with one attached hydrogen (secondary N) is 1. The predicted molar refractivity (Wildman–Crippen MR) is 152 cm³/mol. The molecule has 7 heteroatoms. The van der Waals surface area contributed by atoms with E-state index in [0.717, 1.165) is 75.2 Å². The summed E-state index contributed by atoms with van der Waals surface area (Å²) in [6, 6.07) is 14.1. The SMILES string of the molecule is CC(=O)c1cccc(/C=C/C(=O)NC2CCC(CCN3CCc4ccc(-c5nc(C)no5)cc4CC3)CC2)c1. The van der Waals surface area contributed by atoms with E-state index in [4.69, 9.17) is 4.52 Å². The quantitative estimate of drug-likeness (QED) is 0.311. The molecule has 0 saturated heterocycles. The van der Waals surface area contributed by atoms with Gasteiger partial charge in [0.15, 0.2) is 11.6 Å². The molecule has 2 heterocycles. The van der Waals surface area contributed by atoms with Crippen LogP contribution < -0.4 is 5.32 Å². The first kappa shape index (κ1) is 27.0. The van der Waals surface area contributed by atoms with Gasteiger partial charge in [0.2, 0.25) is 5.91 Å². The maximum absolute atomic E-state index is 12.5. The van der Waals surface area contributed by atoms with Crippen LogP contribution in [0.5, 0.6) is 0 Å². The molecule has 7 nitrogen and oxygen atoms in total. The predicted octanol–water partition coefficient (Wildman–Crippen LogP) is 5.43. The van der Waals surface area contributed by atoms with Gasteiger partial charge in [-0.05, 0) is 112 Å². The molecular weight excluding hydrogens is 488 g/mol. The number of amides is 1. The van der Waals surface area contributed by atoms with Gasteiger partial charge in [0.1, 0.15) is 0 Å². The Morgan fingerprint density at radius 2 is 1.85 bits per heavy atom. The number of nitrogens with zero attached hydrogens (tertiary/aromatic N) is 3. The molecule has 1 N–H and O–H groups in total. The maximum atomic E-state index is 12.5. The summed E-state index contributed by atoms with van der Waals surface area (Å²) >= 11 is 0. The van der Waals surface area contributed by atoms with Crippen molar-refractivity contribution in [3.8, 4) is 11.5 Å². The molecule has 1 aromatic heterocycles. The zero-order chi connectivity index (χ0) is 27.2. The highest BCUT2D eigenvalue weighted by molar-refractivity contribution is 5.95. The third-order valence-corrected chi connectivity index (χ3v) is 8.14. The summed E-state index contributed by atoms with van der Waals surface area (Å²) in [7, 11) is 0. The number of aromatic nitrogens is 2. The van der Waals surface area contributed by atoms with E-state index in [-0.39, 0.29) is 17.7 Å². The van der Waals surface area contributed by atoms with E-state index in [1.807, 2.05) is 25.1 Å². The summed E-state index contributed by atoms with van der Waals surface area (Å²) in [5.74, 6) is 1.94. The van der Waals surface area contributed by atoms with Gasteiger partial charge in [0.25, 0.3) is 5.89 Å². The Balaban J connectivity index is 1.03. The third kappa shape index (κ3) is 7.30. The van der Waals surface area contributed by atoms with Gasteiger partial charge in [-0.2, -0.15) is 4.98 Å². The van der Waals surface area contributed by atoms with E-state index in [9.17, 15) is 9.59 Å². The highest BCUT2D eigenvalue weighted by Crippen LogP contribution is 2.28. The number of hydrogen-bond acceptors (Lipinski definition) is 6. The van der Waals surface area contributed by atoms with Crippen LogP contribution in [0.3, 0.4) is 0 Å². The number of rotatable bonds is 8. The molecule has 204 valence electrons. The Bertz CT molecular complexity index is 1340. The first-order valence-corrected chi connectivity index (χ1v) is 14.2. The summed E-state index contributed by atoms with van der Waals surface area (Å²) in [6.07, 6.45) is 11.1. The zero-order valence-corrected chi connectivity index (χ0v) is 23.0. The molecule has 0 radical (unpaired) electrons. The lowest BCUT2D eigenvalue weighted by molar-refractivity contribution is -0.117. The summed E-state index contributed by atoms with van der Waals surface area (Å²) in [4.78, 5) is 31.0. The highest BCUT2D eigenvalue weighted by Gasteiger charge is 2.23. The molecule has 0 spiro atoms. The largest absolute Gasteiger partial charge is 0.350 e. The Morgan fingerprint density at radius 1 is 1.05 bits per heavy atom. The van der Waals surface area contributed by atoms with Crippen LogP contribution in [-0.4, -0.2) is 52.4 Å². The van der Waals surface area contributed by atoms with Gasteiger partial charge in [-0.15, -0.1) is 0 Å². The van der Waals surface area contributed by atoms with Gasteiger partial charge < -0.3 is 14.7 Å². The Labute approximate surface area is 230 Å². The van der Waals surface area contributed by atoms with Crippen molar-refractivity contribution in [2.75, 3.05) is 19.6 Å². The minimum Gasteiger partial charge on any atom is -0.350 e. The molecule has 1 aliphatic carbocycles. The minimum atomic E-state index is -0.0619. The Kier molecular flexibility index (Phi) is 8.67. The van der Waals surface area contributed by atoms with Crippen molar-refractivity contribution in [3.63, 3.8) is 0 Å².